The molecule has 1 heterocycles. The first-order chi connectivity index (χ1) is 10.8. The van der Waals surface area contributed by atoms with Crippen LogP contribution in [0.4, 0.5) is 18.9 Å². The number of benzene rings is 1. The minimum absolute atomic E-state index is 0. The Hall–Kier alpha value is -1.22. The van der Waals surface area contributed by atoms with Crippen LogP contribution in [-0.4, -0.2) is 56.7 Å². The Balaban J connectivity index is 0.00000288. The van der Waals surface area contributed by atoms with Gasteiger partial charge in [-0.15, -0.1) is 24.8 Å². The van der Waals surface area contributed by atoms with Gasteiger partial charge in [-0.25, -0.2) is 0 Å². The highest BCUT2D eigenvalue weighted by atomic mass is 35.5. The van der Waals surface area contributed by atoms with Gasteiger partial charge in [0.15, 0.2) is 0 Å². The minimum atomic E-state index is -4.36. The molecule has 0 saturated carbocycles. The number of rotatable bonds is 4. The van der Waals surface area contributed by atoms with Crippen LogP contribution in [-0.2, 0) is 15.7 Å². The summed E-state index contributed by atoms with van der Waals surface area (Å²) < 4.78 is 43.2. The van der Waals surface area contributed by atoms with Crippen LogP contribution in [0, 0.1) is 0 Å². The summed E-state index contributed by atoms with van der Waals surface area (Å²) in [5.41, 5.74) is 5.55. The van der Waals surface area contributed by atoms with Crippen LogP contribution in [0.5, 0.6) is 0 Å². The summed E-state index contributed by atoms with van der Waals surface area (Å²) in [6, 6.07) is 4.51. The van der Waals surface area contributed by atoms with Gasteiger partial charge in [0.05, 0.1) is 12.2 Å². The Morgan fingerprint density at radius 3 is 2.36 bits per heavy atom. The summed E-state index contributed by atoms with van der Waals surface area (Å²) in [6.45, 7) is 1.92. The predicted molar refractivity (Wildman–Crippen MR) is 94.6 cm³/mol. The number of carbonyl (C=O) groups is 1. The highest BCUT2D eigenvalue weighted by molar-refractivity contribution is 5.85. The highest BCUT2D eigenvalue weighted by Gasteiger charge is 2.31. The lowest BCUT2D eigenvalue weighted by atomic mass is 10.1. The van der Waals surface area contributed by atoms with Gasteiger partial charge < -0.3 is 20.3 Å². The fourth-order valence-electron chi connectivity index (χ4n) is 2.55. The predicted octanol–water partition coefficient (Wildman–Crippen LogP) is 2.17. The third-order valence-corrected chi connectivity index (χ3v) is 3.79. The monoisotopic (exact) mass is 403 g/mol. The summed E-state index contributed by atoms with van der Waals surface area (Å²) in [7, 11) is 1.47. The van der Waals surface area contributed by atoms with Crippen LogP contribution in [0.25, 0.3) is 0 Å². The molecule has 2 rings (SSSR count). The molecule has 1 aromatic carbocycles. The Morgan fingerprint density at radius 2 is 1.84 bits per heavy atom. The largest absolute Gasteiger partial charge is 0.416 e. The third-order valence-electron chi connectivity index (χ3n) is 3.79. The Labute approximate surface area is 157 Å². The number of alkyl halides is 3. The maximum atomic E-state index is 12.8. The number of hydrogen-bond donors (Lipinski definition) is 1. The van der Waals surface area contributed by atoms with E-state index >= 15 is 0 Å². The lowest BCUT2D eigenvalue weighted by Gasteiger charge is -2.37. The van der Waals surface area contributed by atoms with Crippen molar-refractivity contribution in [3.05, 3.63) is 29.8 Å². The molecular weight excluding hydrogens is 382 g/mol. The number of hydrogen-bond acceptors (Lipinski definition) is 4. The van der Waals surface area contributed by atoms with Crippen LogP contribution in [0.3, 0.4) is 0 Å². The number of carbonyl (C=O) groups excluding carboxylic acids is 1. The molecule has 10 heteroatoms. The molecule has 0 aliphatic carbocycles. The van der Waals surface area contributed by atoms with E-state index in [-0.39, 0.29) is 37.3 Å². The summed E-state index contributed by atoms with van der Waals surface area (Å²) in [5.74, 6) is -0.199. The molecular formula is C15H22Cl2F3N3O2. The van der Waals surface area contributed by atoms with Crippen LogP contribution in [0.15, 0.2) is 24.3 Å². The van der Waals surface area contributed by atoms with Crippen molar-refractivity contribution in [1.82, 2.24) is 4.90 Å². The fourth-order valence-corrected chi connectivity index (χ4v) is 2.55. The van der Waals surface area contributed by atoms with Crippen molar-refractivity contribution in [1.29, 1.82) is 0 Å². The van der Waals surface area contributed by atoms with Crippen molar-refractivity contribution < 1.29 is 22.7 Å². The molecule has 1 aliphatic heterocycles. The molecule has 1 saturated heterocycles. The fraction of sp³-hybridized carbons (Fsp3) is 0.533. The van der Waals surface area contributed by atoms with E-state index in [1.165, 1.54) is 13.2 Å². The molecule has 1 fully saturated rings. The van der Waals surface area contributed by atoms with E-state index in [1.807, 2.05) is 4.90 Å². The first kappa shape index (κ1) is 23.8. The van der Waals surface area contributed by atoms with Gasteiger partial charge in [-0.05, 0) is 18.2 Å². The molecule has 0 aromatic heterocycles. The number of nitrogens with zero attached hydrogens (tertiary/aromatic N) is 2. The van der Waals surface area contributed by atoms with E-state index in [9.17, 15) is 18.0 Å². The molecule has 2 N–H and O–H groups in total. The summed E-state index contributed by atoms with van der Waals surface area (Å²) >= 11 is 0. The second kappa shape index (κ2) is 10.1. The van der Waals surface area contributed by atoms with Crippen LogP contribution < -0.4 is 10.6 Å². The van der Waals surface area contributed by atoms with Crippen molar-refractivity contribution >= 4 is 36.4 Å². The van der Waals surface area contributed by atoms with E-state index in [4.69, 9.17) is 10.5 Å². The van der Waals surface area contributed by atoms with Gasteiger partial charge in [-0.3, -0.25) is 4.79 Å². The van der Waals surface area contributed by atoms with Gasteiger partial charge >= 0.3 is 6.18 Å². The maximum Gasteiger partial charge on any atom is 0.416 e. The van der Waals surface area contributed by atoms with Gasteiger partial charge in [0, 0.05) is 39.0 Å². The van der Waals surface area contributed by atoms with Crippen LogP contribution in [0.2, 0.25) is 0 Å². The standard InChI is InChI=1S/C15H20F3N3O2.2ClH/c1-23-10-13(19)14(22)21-7-5-20(6-8-21)12-4-2-3-11(9-12)15(16,17)18;;/h2-4,9,13H,5-8,10,19H2,1H3;2*1H. The van der Waals surface area contributed by atoms with E-state index in [2.05, 4.69) is 0 Å². The average molecular weight is 404 g/mol. The van der Waals surface area contributed by atoms with Crippen LogP contribution in [0.1, 0.15) is 5.56 Å². The molecule has 25 heavy (non-hydrogen) atoms. The number of nitrogens with two attached hydrogens (primary N) is 1. The number of methoxy groups -OCH3 is 1. The van der Waals surface area contributed by atoms with Gasteiger partial charge in [-0.1, -0.05) is 6.07 Å². The summed E-state index contributed by atoms with van der Waals surface area (Å²) in [5, 5.41) is 0. The molecule has 1 atom stereocenters. The minimum Gasteiger partial charge on any atom is -0.383 e. The van der Waals surface area contributed by atoms with E-state index in [1.54, 1.807) is 11.0 Å². The van der Waals surface area contributed by atoms with Crippen molar-refractivity contribution in [3.8, 4) is 0 Å². The van der Waals surface area contributed by atoms with E-state index < -0.39 is 17.8 Å². The molecule has 1 aromatic rings. The molecule has 0 radical (unpaired) electrons. The Morgan fingerprint density at radius 1 is 1.24 bits per heavy atom. The first-order valence-electron chi connectivity index (χ1n) is 7.28. The second-order valence-electron chi connectivity index (χ2n) is 5.42. The molecule has 1 amide bonds. The van der Waals surface area contributed by atoms with Gasteiger partial charge in [0.2, 0.25) is 5.91 Å². The number of halogens is 5. The quantitative estimate of drug-likeness (QED) is 0.836. The van der Waals surface area contributed by atoms with Gasteiger partial charge in [0.25, 0.3) is 0 Å². The van der Waals surface area contributed by atoms with Crippen LogP contribution >= 0.6 is 24.8 Å². The number of piperazine rings is 1. The summed E-state index contributed by atoms with van der Waals surface area (Å²) in [4.78, 5) is 15.5. The molecule has 0 spiro atoms. The highest BCUT2D eigenvalue weighted by Crippen LogP contribution is 2.31. The van der Waals surface area contributed by atoms with E-state index in [0.29, 0.717) is 31.9 Å². The number of anilines is 1. The molecule has 5 nitrogen and oxygen atoms in total. The zero-order chi connectivity index (χ0) is 17.0. The van der Waals surface area contributed by atoms with E-state index in [0.717, 1.165) is 12.1 Å². The number of amides is 1. The molecule has 1 unspecified atom stereocenters. The van der Waals surface area contributed by atoms with Crippen molar-refractivity contribution in [3.63, 3.8) is 0 Å². The van der Waals surface area contributed by atoms with Crippen molar-refractivity contribution in [2.75, 3.05) is 44.8 Å². The zero-order valence-corrected chi connectivity index (χ0v) is 15.3. The molecule has 1 aliphatic rings. The normalized spacial score (nSPS) is 15.9. The summed E-state index contributed by atoms with van der Waals surface area (Å²) in [6.07, 6.45) is -4.36. The average Bonchev–Trinajstić information content (AvgIpc) is 2.54. The van der Waals surface area contributed by atoms with Crippen molar-refractivity contribution in [2.45, 2.75) is 12.2 Å². The topological polar surface area (TPSA) is 58.8 Å². The zero-order valence-electron chi connectivity index (χ0n) is 13.7. The first-order valence-corrected chi connectivity index (χ1v) is 7.28. The smallest absolute Gasteiger partial charge is 0.383 e. The SMILES string of the molecule is COCC(N)C(=O)N1CCN(c2cccc(C(F)(F)F)c2)CC1.Cl.Cl. The van der Waals surface area contributed by atoms with Gasteiger partial charge in [0.1, 0.15) is 6.04 Å². The second-order valence-corrected chi connectivity index (χ2v) is 5.42. The molecule has 144 valence electrons. The lowest BCUT2D eigenvalue weighted by Crippen LogP contribution is -2.54. The number of ether oxygens (including phenoxy) is 1. The van der Waals surface area contributed by atoms with Gasteiger partial charge in [-0.2, -0.15) is 13.2 Å². The maximum absolute atomic E-state index is 12.8. The van der Waals surface area contributed by atoms with Crippen molar-refractivity contribution in [2.24, 2.45) is 5.73 Å². The third kappa shape index (κ3) is 6.22. The molecule has 0 bridgehead atoms. The Kier molecular flexibility index (Phi) is 9.57. The Bertz CT molecular complexity index is 553. The lowest BCUT2D eigenvalue weighted by molar-refractivity contribution is -0.137.